The molecule has 1 heterocycles. The lowest BCUT2D eigenvalue weighted by molar-refractivity contribution is -0.121. The minimum atomic E-state index is -0.980. The molecule has 5 nitrogen and oxygen atoms in total. The number of Topliss-reactive ketones (excluding diaryl/α,β-unsaturated/α-hetero) is 1. The van der Waals surface area contributed by atoms with Crippen molar-refractivity contribution >= 4 is 22.7 Å². The number of hydrogen-bond donors (Lipinski definition) is 1. The summed E-state index contributed by atoms with van der Waals surface area (Å²) in [5.74, 6) is -0.364. The molecule has 1 N–H and O–H groups in total. The first kappa shape index (κ1) is 26.5. The molecule has 0 unspecified atom stereocenters. The van der Waals surface area contributed by atoms with E-state index in [1.807, 2.05) is 29.0 Å². The molecule has 3 aromatic rings. The van der Waals surface area contributed by atoms with Crippen molar-refractivity contribution < 1.29 is 19.4 Å². The maximum absolute atomic E-state index is 12.8. The van der Waals surface area contributed by atoms with Crippen LogP contribution in [-0.4, -0.2) is 28.0 Å². The lowest BCUT2D eigenvalue weighted by Gasteiger charge is -2.17. The SMILES string of the molecule is CCCCCCCCc1ccc(OCC(=O)Cn2cc(C(C)(C)C)c3ccc(C(=O)O)cc32)cc1. The van der Waals surface area contributed by atoms with Gasteiger partial charge in [0.2, 0.25) is 0 Å². The number of ketones is 1. The van der Waals surface area contributed by atoms with Crippen LogP contribution in [0.1, 0.15) is 87.7 Å². The third-order valence-electron chi connectivity index (χ3n) is 6.43. The molecule has 0 saturated heterocycles. The van der Waals surface area contributed by atoms with Gasteiger partial charge in [-0.05, 0) is 53.6 Å². The molecule has 0 fully saturated rings. The Morgan fingerprint density at radius 2 is 1.63 bits per heavy atom. The van der Waals surface area contributed by atoms with Crippen LogP contribution in [0.2, 0.25) is 0 Å². The third kappa shape index (κ3) is 7.45. The van der Waals surface area contributed by atoms with E-state index in [4.69, 9.17) is 4.74 Å². The first-order chi connectivity index (χ1) is 16.7. The van der Waals surface area contributed by atoms with E-state index < -0.39 is 5.97 Å². The van der Waals surface area contributed by atoms with Crippen molar-refractivity contribution in [3.63, 3.8) is 0 Å². The van der Waals surface area contributed by atoms with E-state index in [0.717, 1.165) is 22.9 Å². The van der Waals surface area contributed by atoms with Crippen molar-refractivity contribution in [1.29, 1.82) is 0 Å². The second-order valence-corrected chi connectivity index (χ2v) is 10.4. The number of rotatable bonds is 13. The molecule has 5 heteroatoms. The van der Waals surface area contributed by atoms with Gasteiger partial charge in [-0.3, -0.25) is 4.79 Å². The zero-order valence-corrected chi connectivity index (χ0v) is 21.6. The maximum Gasteiger partial charge on any atom is 0.335 e. The van der Waals surface area contributed by atoms with Gasteiger partial charge in [0.25, 0.3) is 0 Å². The molecule has 0 amide bonds. The highest BCUT2D eigenvalue weighted by molar-refractivity contribution is 5.95. The molecule has 0 spiro atoms. The Labute approximate surface area is 209 Å². The smallest absolute Gasteiger partial charge is 0.335 e. The number of nitrogens with zero attached hydrogens (tertiary/aromatic N) is 1. The minimum Gasteiger partial charge on any atom is -0.486 e. The quantitative estimate of drug-likeness (QED) is 0.265. The van der Waals surface area contributed by atoms with E-state index >= 15 is 0 Å². The van der Waals surface area contributed by atoms with Gasteiger partial charge in [-0.1, -0.05) is 78.0 Å². The molecule has 188 valence electrons. The normalized spacial score (nSPS) is 11.7. The van der Waals surface area contributed by atoms with E-state index in [-0.39, 0.29) is 29.9 Å². The predicted octanol–water partition coefficient (Wildman–Crippen LogP) is 7.19. The molecular formula is C30H39NO4. The maximum atomic E-state index is 12.8. The van der Waals surface area contributed by atoms with Crippen molar-refractivity contribution in [2.45, 2.75) is 84.6 Å². The van der Waals surface area contributed by atoms with Gasteiger partial charge < -0.3 is 14.4 Å². The van der Waals surface area contributed by atoms with Gasteiger partial charge in [-0.2, -0.15) is 0 Å². The molecule has 35 heavy (non-hydrogen) atoms. The van der Waals surface area contributed by atoms with Crippen molar-refractivity contribution in [3.05, 3.63) is 65.4 Å². The first-order valence-corrected chi connectivity index (χ1v) is 12.8. The standard InChI is InChI=1S/C30H39NO4/c1-5-6-7-8-9-10-11-22-12-15-25(16-13-22)35-21-24(32)19-31-20-27(30(2,3)4)26-17-14-23(29(33)34)18-28(26)31/h12-18,20H,5-11,19,21H2,1-4H3,(H,33,34). The number of unbranched alkanes of at least 4 members (excludes halogenated alkanes) is 5. The number of carbonyl (C=O) groups is 2. The number of aromatic carboxylic acids is 1. The molecule has 3 rings (SSSR count). The van der Waals surface area contributed by atoms with Crippen LogP contribution in [0.4, 0.5) is 0 Å². The van der Waals surface area contributed by atoms with Crippen LogP contribution < -0.4 is 4.74 Å². The summed E-state index contributed by atoms with van der Waals surface area (Å²) in [5, 5.41) is 10.4. The monoisotopic (exact) mass is 477 g/mol. The van der Waals surface area contributed by atoms with E-state index in [0.29, 0.717) is 5.75 Å². The van der Waals surface area contributed by atoms with Crippen molar-refractivity contribution in [2.24, 2.45) is 0 Å². The number of carboxylic acid groups (broad SMARTS) is 1. The fourth-order valence-electron chi connectivity index (χ4n) is 4.41. The zero-order chi connectivity index (χ0) is 25.4. The Bertz CT molecular complexity index is 1140. The highest BCUT2D eigenvalue weighted by atomic mass is 16.5. The van der Waals surface area contributed by atoms with Gasteiger partial charge in [-0.25, -0.2) is 4.79 Å². The summed E-state index contributed by atoms with van der Waals surface area (Å²) >= 11 is 0. The summed E-state index contributed by atoms with van der Waals surface area (Å²) in [7, 11) is 0. The van der Waals surface area contributed by atoms with Crippen LogP contribution in [0, 0.1) is 0 Å². The highest BCUT2D eigenvalue weighted by Gasteiger charge is 2.22. The highest BCUT2D eigenvalue weighted by Crippen LogP contribution is 2.32. The number of fused-ring (bicyclic) bond motifs is 1. The fraction of sp³-hybridized carbons (Fsp3) is 0.467. The van der Waals surface area contributed by atoms with Crippen LogP contribution in [0.5, 0.6) is 5.75 Å². The van der Waals surface area contributed by atoms with E-state index in [1.54, 1.807) is 12.1 Å². The number of hydrogen-bond acceptors (Lipinski definition) is 3. The summed E-state index contributed by atoms with van der Waals surface area (Å²) in [6.45, 7) is 8.67. The molecule has 0 aliphatic rings. The zero-order valence-electron chi connectivity index (χ0n) is 21.6. The van der Waals surface area contributed by atoms with Gasteiger partial charge in [0.05, 0.1) is 12.1 Å². The van der Waals surface area contributed by atoms with Crippen molar-refractivity contribution in [2.75, 3.05) is 6.61 Å². The second-order valence-electron chi connectivity index (χ2n) is 10.4. The predicted molar refractivity (Wildman–Crippen MR) is 142 cm³/mol. The minimum absolute atomic E-state index is 0.0279. The van der Waals surface area contributed by atoms with Gasteiger partial charge >= 0.3 is 5.97 Å². The van der Waals surface area contributed by atoms with Gasteiger partial charge in [0, 0.05) is 17.1 Å². The Balaban J connectivity index is 1.59. The summed E-state index contributed by atoms with van der Waals surface area (Å²) < 4.78 is 7.60. The van der Waals surface area contributed by atoms with Crippen LogP contribution in [0.3, 0.4) is 0 Å². The third-order valence-corrected chi connectivity index (χ3v) is 6.43. The summed E-state index contributed by atoms with van der Waals surface area (Å²) in [4.78, 5) is 24.2. The lowest BCUT2D eigenvalue weighted by Crippen LogP contribution is -2.17. The largest absolute Gasteiger partial charge is 0.486 e. The van der Waals surface area contributed by atoms with Crippen molar-refractivity contribution in [3.8, 4) is 5.75 Å². The van der Waals surface area contributed by atoms with Gasteiger partial charge in [0.1, 0.15) is 12.4 Å². The van der Waals surface area contributed by atoms with Crippen LogP contribution >= 0.6 is 0 Å². The van der Waals surface area contributed by atoms with Crippen LogP contribution in [0.15, 0.2) is 48.7 Å². The molecule has 0 saturated carbocycles. The molecule has 1 aromatic heterocycles. The Morgan fingerprint density at radius 3 is 2.29 bits per heavy atom. The molecule has 0 atom stereocenters. The Kier molecular flexibility index (Phi) is 9.13. The number of ether oxygens (including phenoxy) is 1. The molecule has 0 aliphatic carbocycles. The average Bonchev–Trinajstić information content (AvgIpc) is 3.19. The summed E-state index contributed by atoms with van der Waals surface area (Å²) in [6.07, 6.45) is 10.7. The molecule has 2 aromatic carbocycles. The van der Waals surface area contributed by atoms with Crippen molar-refractivity contribution in [1.82, 2.24) is 4.57 Å². The van der Waals surface area contributed by atoms with Crippen LogP contribution in [-0.2, 0) is 23.2 Å². The summed E-state index contributed by atoms with van der Waals surface area (Å²) in [5.41, 5.74) is 3.20. The van der Waals surface area contributed by atoms with E-state index in [1.165, 1.54) is 44.1 Å². The average molecular weight is 478 g/mol. The Hall–Kier alpha value is -3.08. The molecule has 0 aliphatic heterocycles. The number of carbonyl (C=O) groups excluding carboxylic acids is 1. The van der Waals surface area contributed by atoms with Gasteiger partial charge in [-0.15, -0.1) is 0 Å². The van der Waals surface area contributed by atoms with E-state index in [2.05, 4.69) is 39.8 Å². The molecule has 0 radical (unpaired) electrons. The topological polar surface area (TPSA) is 68.5 Å². The molecular weight excluding hydrogens is 438 g/mol. The molecule has 0 bridgehead atoms. The fourth-order valence-corrected chi connectivity index (χ4v) is 4.41. The Morgan fingerprint density at radius 1 is 0.943 bits per heavy atom. The van der Waals surface area contributed by atoms with Gasteiger partial charge in [0.15, 0.2) is 5.78 Å². The number of aryl methyl sites for hydroxylation is 1. The van der Waals surface area contributed by atoms with E-state index in [9.17, 15) is 14.7 Å². The number of carboxylic acids is 1. The second kappa shape index (κ2) is 12.1. The van der Waals surface area contributed by atoms with Crippen LogP contribution in [0.25, 0.3) is 10.9 Å². The number of aromatic nitrogens is 1. The first-order valence-electron chi connectivity index (χ1n) is 12.8. The lowest BCUT2D eigenvalue weighted by atomic mass is 9.87. The number of benzene rings is 2. The summed E-state index contributed by atoms with van der Waals surface area (Å²) in [6, 6.07) is 13.1.